The van der Waals surface area contributed by atoms with Crippen molar-refractivity contribution in [3.63, 3.8) is 0 Å². The fourth-order valence-electron chi connectivity index (χ4n) is 1.20. The number of carboxylic acids is 1. The Balaban J connectivity index is 3.31. The van der Waals surface area contributed by atoms with Crippen LogP contribution in [0.5, 0.6) is 5.75 Å². The average Bonchev–Trinajstić information content (AvgIpc) is 2.13. The highest BCUT2D eigenvalue weighted by atomic mass is 16.4. The second-order valence-electron chi connectivity index (χ2n) is 3.04. The summed E-state index contributed by atoms with van der Waals surface area (Å²) in [7, 11) is 0. The van der Waals surface area contributed by atoms with E-state index in [-0.39, 0.29) is 11.3 Å². The number of carbonyl (C=O) groups excluding carboxylic acids is 1. The number of phenolic OH excluding ortho intramolecular Hbond substituents is 1. The minimum Gasteiger partial charge on any atom is -0.507 e. The largest absolute Gasteiger partial charge is 0.507 e. The second-order valence-corrected chi connectivity index (χ2v) is 3.04. The van der Waals surface area contributed by atoms with Gasteiger partial charge in [-0.25, -0.2) is 4.79 Å². The molecule has 0 radical (unpaired) electrons. The van der Waals surface area contributed by atoms with Crippen LogP contribution in [0.15, 0.2) is 12.1 Å². The van der Waals surface area contributed by atoms with E-state index in [0.29, 0.717) is 11.1 Å². The van der Waals surface area contributed by atoms with Crippen LogP contribution in [0.2, 0.25) is 0 Å². The molecular weight excluding hydrogens is 184 g/mol. The van der Waals surface area contributed by atoms with Gasteiger partial charge >= 0.3 is 5.97 Å². The molecule has 1 aromatic rings. The van der Waals surface area contributed by atoms with Crippen molar-refractivity contribution in [1.82, 2.24) is 0 Å². The number of rotatable bonds is 2. The van der Waals surface area contributed by atoms with Gasteiger partial charge in [-0.15, -0.1) is 0 Å². The Hall–Kier alpha value is -1.84. The predicted molar refractivity (Wildman–Crippen MR) is 49.5 cm³/mol. The summed E-state index contributed by atoms with van der Waals surface area (Å²) in [5.41, 5.74) is 0.947. The van der Waals surface area contributed by atoms with Gasteiger partial charge < -0.3 is 10.2 Å². The van der Waals surface area contributed by atoms with Crippen LogP contribution < -0.4 is 0 Å². The van der Waals surface area contributed by atoms with E-state index in [1.165, 1.54) is 19.1 Å². The molecule has 0 unspecified atom stereocenters. The van der Waals surface area contributed by atoms with Crippen LogP contribution in [0, 0.1) is 13.8 Å². The first-order chi connectivity index (χ1) is 6.45. The molecule has 0 aliphatic carbocycles. The van der Waals surface area contributed by atoms with E-state index in [0.717, 1.165) is 0 Å². The molecular formula is C10H10O4. The van der Waals surface area contributed by atoms with Gasteiger partial charge in [-0.2, -0.15) is 0 Å². The fraction of sp³-hybridized carbons (Fsp3) is 0.200. The maximum Gasteiger partial charge on any atom is 0.377 e. The molecule has 0 saturated carbocycles. The summed E-state index contributed by atoms with van der Waals surface area (Å²) in [6.45, 7) is 3.19. The third-order valence-electron chi connectivity index (χ3n) is 2.07. The first-order valence-corrected chi connectivity index (χ1v) is 4.02. The zero-order chi connectivity index (χ0) is 10.9. The van der Waals surface area contributed by atoms with Gasteiger partial charge in [0.25, 0.3) is 5.78 Å². The van der Waals surface area contributed by atoms with Gasteiger partial charge in [-0.05, 0) is 25.5 Å². The number of carbonyl (C=O) groups is 2. The molecule has 0 aliphatic rings. The van der Waals surface area contributed by atoms with Crippen molar-refractivity contribution < 1.29 is 19.8 Å². The van der Waals surface area contributed by atoms with Crippen molar-refractivity contribution in [2.24, 2.45) is 0 Å². The van der Waals surface area contributed by atoms with E-state index < -0.39 is 11.8 Å². The third-order valence-corrected chi connectivity index (χ3v) is 2.07. The zero-order valence-electron chi connectivity index (χ0n) is 7.87. The number of aromatic hydroxyl groups is 1. The van der Waals surface area contributed by atoms with E-state index >= 15 is 0 Å². The van der Waals surface area contributed by atoms with Crippen LogP contribution in [-0.2, 0) is 4.79 Å². The molecule has 0 aromatic heterocycles. The second kappa shape index (κ2) is 3.49. The molecule has 0 aliphatic heterocycles. The Labute approximate surface area is 80.8 Å². The molecule has 0 amide bonds. The van der Waals surface area contributed by atoms with Crippen LogP contribution in [0.4, 0.5) is 0 Å². The molecule has 2 N–H and O–H groups in total. The smallest absolute Gasteiger partial charge is 0.377 e. The molecule has 0 bridgehead atoms. The number of benzene rings is 1. The Morgan fingerprint density at radius 1 is 1.21 bits per heavy atom. The Morgan fingerprint density at radius 3 is 2.29 bits per heavy atom. The molecule has 0 fully saturated rings. The summed E-state index contributed by atoms with van der Waals surface area (Å²) in [6.07, 6.45) is 0. The first kappa shape index (κ1) is 10.2. The van der Waals surface area contributed by atoms with Gasteiger partial charge in [0.05, 0.1) is 0 Å². The molecule has 0 heterocycles. The number of phenols is 1. The number of hydrogen-bond acceptors (Lipinski definition) is 3. The summed E-state index contributed by atoms with van der Waals surface area (Å²) in [4.78, 5) is 21.5. The molecule has 74 valence electrons. The van der Waals surface area contributed by atoms with Crippen molar-refractivity contribution in [1.29, 1.82) is 0 Å². The minimum atomic E-state index is -1.52. The molecule has 0 atom stereocenters. The quantitative estimate of drug-likeness (QED) is 0.549. The van der Waals surface area contributed by atoms with Gasteiger partial charge in [0.2, 0.25) is 0 Å². The summed E-state index contributed by atoms with van der Waals surface area (Å²) in [6, 6.07) is 2.92. The van der Waals surface area contributed by atoms with E-state index in [9.17, 15) is 14.7 Å². The number of ketones is 1. The Kier molecular flexibility index (Phi) is 2.56. The highest BCUT2D eigenvalue weighted by Crippen LogP contribution is 2.24. The molecule has 4 nitrogen and oxygen atoms in total. The van der Waals surface area contributed by atoms with Crippen LogP contribution in [0.1, 0.15) is 21.5 Å². The summed E-state index contributed by atoms with van der Waals surface area (Å²) >= 11 is 0. The van der Waals surface area contributed by atoms with Crippen molar-refractivity contribution in [2.45, 2.75) is 13.8 Å². The van der Waals surface area contributed by atoms with E-state index in [2.05, 4.69) is 0 Å². The number of Topliss-reactive ketones (excluding diaryl/α,β-unsaturated/α-hetero) is 1. The van der Waals surface area contributed by atoms with Crippen molar-refractivity contribution >= 4 is 11.8 Å². The minimum absolute atomic E-state index is 0.0283. The molecule has 0 spiro atoms. The maximum atomic E-state index is 11.1. The summed E-state index contributed by atoms with van der Waals surface area (Å²) in [5, 5.41) is 18.0. The summed E-state index contributed by atoms with van der Waals surface area (Å²) in [5.74, 6) is -2.55. The van der Waals surface area contributed by atoms with E-state index in [4.69, 9.17) is 5.11 Å². The van der Waals surface area contributed by atoms with Gasteiger partial charge in [0.15, 0.2) is 0 Å². The normalized spacial score (nSPS) is 9.86. The van der Waals surface area contributed by atoms with Crippen LogP contribution in [0.3, 0.4) is 0 Å². The SMILES string of the molecule is Cc1ccc(C(=O)C(=O)O)c(C)c1O. The van der Waals surface area contributed by atoms with Crippen molar-refractivity contribution in [3.8, 4) is 5.75 Å². The first-order valence-electron chi connectivity index (χ1n) is 4.02. The number of aliphatic carboxylic acids is 1. The van der Waals surface area contributed by atoms with E-state index in [1.54, 1.807) is 6.92 Å². The standard InChI is InChI=1S/C10H10O4/c1-5-3-4-7(6(2)8(5)11)9(12)10(13)14/h3-4,11H,1-2H3,(H,13,14). The summed E-state index contributed by atoms with van der Waals surface area (Å²) < 4.78 is 0. The lowest BCUT2D eigenvalue weighted by Gasteiger charge is -2.06. The highest BCUT2D eigenvalue weighted by molar-refractivity contribution is 6.40. The molecule has 1 rings (SSSR count). The van der Waals surface area contributed by atoms with Crippen LogP contribution >= 0.6 is 0 Å². The lowest BCUT2D eigenvalue weighted by Crippen LogP contribution is -2.14. The molecule has 1 aromatic carbocycles. The zero-order valence-corrected chi connectivity index (χ0v) is 7.87. The van der Waals surface area contributed by atoms with Crippen LogP contribution in [-0.4, -0.2) is 22.0 Å². The van der Waals surface area contributed by atoms with E-state index in [1.807, 2.05) is 0 Å². The monoisotopic (exact) mass is 194 g/mol. The lowest BCUT2D eigenvalue weighted by atomic mass is 10.0. The number of hydrogen-bond donors (Lipinski definition) is 2. The number of carboxylic acid groups (broad SMARTS) is 1. The van der Waals surface area contributed by atoms with Crippen molar-refractivity contribution in [2.75, 3.05) is 0 Å². The highest BCUT2D eigenvalue weighted by Gasteiger charge is 2.18. The lowest BCUT2D eigenvalue weighted by molar-refractivity contribution is -0.131. The fourth-order valence-corrected chi connectivity index (χ4v) is 1.20. The number of aryl methyl sites for hydroxylation is 1. The predicted octanol–water partition coefficient (Wildman–Crippen LogP) is 1.28. The topological polar surface area (TPSA) is 74.6 Å². The van der Waals surface area contributed by atoms with Gasteiger partial charge in [0.1, 0.15) is 5.75 Å². The van der Waals surface area contributed by atoms with Crippen molar-refractivity contribution in [3.05, 3.63) is 28.8 Å². The van der Waals surface area contributed by atoms with Gasteiger partial charge in [-0.1, -0.05) is 6.07 Å². The Morgan fingerprint density at radius 2 is 1.79 bits per heavy atom. The molecule has 4 heteroatoms. The molecule has 14 heavy (non-hydrogen) atoms. The van der Waals surface area contributed by atoms with Crippen LogP contribution in [0.25, 0.3) is 0 Å². The average molecular weight is 194 g/mol. The van der Waals surface area contributed by atoms with Gasteiger partial charge in [-0.3, -0.25) is 4.79 Å². The van der Waals surface area contributed by atoms with Gasteiger partial charge in [0, 0.05) is 11.1 Å². The Bertz CT molecular complexity index is 407. The third kappa shape index (κ3) is 1.59. The molecule has 0 saturated heterocycles. The maximum absolute atomic E-state index is 11.1.